The van der Waals surface area contributed by atoms with Gasteiger partial charge in [0.05, 0.1) is 16.3 Å². The van der Waals surface area contributed by atoms with Crippen LogP contribution in [0.4, 0.5) is 5.69 Å². The van der Waals surface area contributed by atoms with Gasteiger partial charge >= 0.3 is 5.91 Å². The average molecular weight is 369 g/mol. The smallest absolute Gasteiger partial charge is 0.301 e. The first-order valence-electron chi connectivity index (χ1n) is 6.43. The predicted octanol–water partition coefficient (Wildman–Crippen LogP) is 4.49. The number of imide groups is 1. The van der Waals surface area contributed by atoms with Crippen LogP contribution >= 0.6 is 34.8 Å². The van der Waals surface area contributed by atoms with E-state index in [1.54, 1.807) is 18.2 Å². The molecule has 7 heteroatoms. The molecule has 4 nitrogen and oxygen atoms in total. The first-order chi connectivity index (χ1) is 10.9. The third kappa shape index (κ3) is 2.70. The molecule has 0 spiro atoms. The van der Waals surface area contributed by atoms with E-state index in [4.69, 9.17) is 34.8 Å². The van der Waals surface area contributed by atoms with E-state index >= 15 is 0 Å². The summed E-state index contributed by atoms with van der Waals surface area (Å²) in [4.78, 5) is 25.8. The molecule has 1 heterocycles. The van der Waals surface area contributed by atoms with Crippen LogP contribution in [0.5, 0.6) is 0 Å². The van der Waals surface area contributed by atoms with E-state index in [1.165, 1.54) is 24.3 Å². The van der Waals surface area contributed by atoms with Gasteiger partial charge in [-0.3, -0.25) is 9.59 Å². The van der Waals surface area contributed by atoms with E-state index in [1.807, 2.05) is 0 Å². The zero-order valence-corrected chi connectivity index (χ0v) is 13.7. The van der Waals surface area contributed by atoms with Gasteiger partial charge in [0, 0.05) is 15.6 Å². The Kier molecular flexibility index (Phi) is 4.06. The zero-order chi connectivity index (χ0) is 16.7. The van der Waals surface area contributed by atoms with Gasteiger partial charge in [0.25, 0.3) is 5.91 Å². The molecule has 0 atom stereocenters. The van der Waals surface area contributed by atoms with E-state index in [9.17, 15) is 14.7 Å². The SMILES string of the molecule is O=C1C(O)=C(c2ccc(Cl)cc2Cl)C(=O)N1c1cccc(Cl)c1. The standard InChI is InChI=1S/C16H8Cl3NO3/c17-8-2-1-3-10(6-8)20-15(22)13(14(21)16(20)23)11-5-4-9(18)7-12(11)19/h1-7,21H. The number of benzene rings is 2. The Morgan fingerprint density at radius 1 is 0.870 bits per heavy atom. The molecule has 1 aliphatic heterocycles. The lowest BCUT2D eigenvalue weighted by molar-refractivity contribution is -0.121. The van der Waals surface area contributed by atoms with E-state index < -0.39 is 17.6 Å². The van der Waals surface area contributed by atoms with Crippen molar-refractivity contribution in [2.45, 2.75) is 0 Å². The molecule has 3 rings (SSSR count). The quantitative estimate of drug-likeness (QED) is 0.795. The highest BCUT2D eigenvalue weighted by Crippen LogP contribution is 2.36. The van der Waals surface area contributed by atoms with Crippen molar-refractivity contribution >= 4 is 57.9 Å². The molecule has 1 N–H and O–H groups in total. The van der Waals surface area contributed by atoms with Gasteiger partial charge in [0.15, 0.2) is 5.76 Å². The van der Waals surface area contributed by atoms with Gasteiger partial charge in [-0.15, -0.1) is 0 Å². The Morgan fingerprint density at radius 2 is 1.57 bits per heavy atom. The summed E-state index contributed by atoms with van der Waals surface area (Å²) in [6.07, 6.45) is 0. The number of hydrogen-bond acceptors (Lipinski definition) is 3. The maximum absolute atomic E-state index is 12.6. The van der Waals surface area contributed by atoms with Gasteiger partial charge in [-0.25, -0.2) is 4.90 Å². The minimum Gasteiger partial charge on any atom is -0.502 e. The highest BCUT2D eigenvalue weighted by molar-refractivity contribution is 6.47. The fraction of sp³-hybridized carbons (Fsp3) is 0. The molecule has 116 valence electrons. The molecule has 0 aromatic heterocycles. The largest absolute Gasteiger partial charge is 0.502 e. The van der Waals surface area contributed by atoms with Crippen molar-refractivity contribution < 1.29 is 14.7 Å². The van der Waals surface area contributed by atoms with Crippen LogP contribution in [0.15, 0.2) is 48.2 Å². The van der Waals surface area contributed by atoms with Crippen LogP contribution in [0.3, 0.4) is 0 Å². The number of nitrogens with zero attached hydrogens (tertiary/aromatic N) is 1. The Hall–Kier alpha value is -2.01. The summed E-state index contributed by atoms with van der Waals surface area (Å²) in [7, 11) is 0. The van der Waals surface area contributed by atoms with Gasteiger partial charge in [0.1, 0.15) is 0 Å². The maximum Gasteiger partial charge on any atom is 0.301 e. The molecular weight excluding hydrogens is 361 g/mol. The first kappa shape index (κ1) is 15.9. The van der Waals surface area contributed by atoms with Gasteiger partial charge in [-0.2, -0.15) is 0 Å². The van der Waals surface area contributed by atoms with Crippen molar-refractivity contribution in [3.63, 3.8) is 0 Å². The second-order valence-electron chi connectivity index (χ2n) is 4.77. The first-order valence-corrected chi connectivity index (χ1v) is 7.56. The molecule has 2 aromatic carbocycles. The number of rotatable bonds is 2. The van der Waals surface area contributed by atoms with Crippen molar-refractivity contribution in [1.29, 1.82) is 0 Å². The lowest BCUT2D eigenvalue weighted by atomic mass is 10.1. The number of aliphatic hydroxyl groups is 1. The number of halogens is 3. The number of anilines is 1. The number of amides is 2. The summed E-state index contributed by atoms with van der Waals surface area (Å²) >= 11 is 17.8. The van der Waals surface area contributed by atoms with Gasteiger partial charge in [0.2, 0.25) is 0 Å². The number of aliphatic hydroxyl groups excluding tert-OH is 1. The summed E-state index contributed by atoms with van der Waals surface area (Å²) < 4.78 is 0. The Labute approximate surface area is 146 Å². The van der Waals surface area contributed by atoms with E-state index in [2.05, 4.69) is 0 Å². The van der Waals surface area contributed by atoms with Gasteiger partial charge < -0.3 is 5.11 Å². The van der Waals surface area contributed by atoms with Crippen molar-refractivity contribution in [2.75, 3.05) is 4.90 Å². The molecule has 2 amide bonds. The normalized spacial score (nSPS) is 14.8. The van der Waals surface area contributed by atoms with E-state index in [0.717, 1.165) is 4.90 Å². The van der Waals surface area contributed by atoms with Crippen LogP contribution in [0, 0.1) is 0 Å². The Morgan fingerprint density at radius 3 is 2.22 bits per heavy atom. The number of carbonyl (C=O) groups is 2. The van der Waals surface area contributed by atoms with Crippen LogP contribution < -0.4 is 4.90 Å². The molecule has 0 saturated carbocycles. The summed E-state index contributed by atoms with van der Waals surface area (Å²) in [5.41, 5.74) is 0.326. The van der Waals surface area contributed by atoms with Crippen LogP contribution in [0.1, 0.15) is 5.56 Å². The van der Waals surface area contributed by atoms with Crippen molar-refractivity contribution in [3.05, 3.63) is 68.9 Å². The average Bonchev–Trinajstić information content (AvgIpc) is 2.70. The molecule has 23 heavy (non-hydrogen) atoms. The second-order valence-corrected chi connectivity index (χ2v) is 6.05. The van der Waals surface area contributed by atoms with Crippen LogP contribution in [0.2, 0.25) is 15.1 Å². The Bertz CT molecular complexity index is 877. The molecule has 0 saturated heterocycles. The van der Waals surface area contributed by atoms with Crippen molar-refractivity contribution in [2.24, 2.45) is 0 Å². The fourth-order valence-corrected chi connectivity index (χ4v) is 2.99. The van der Waals surface area contributed by atoms with Crippen LogP contribution in [-0.2, 0) is 9.59 Å². The van der Waals surface area contributed by atoms with Crippen LogP contribution in [-0.4, -0.2) is 16.9 Å². The zero-order valence-electron chi connectivity index (χ0n) is 11.4. The van der Waals surface area contributed by atoms with E-state index in [-0.39, 0.29) is 21.8 Å². The molecule has 0 fully saturated rings. The molecule has 0 bridgehead atoms. The lowest BCUT2D eigenvalue weighted by Gasteiger charge is -2.15. The molecule has 0 aliphatic carbocycles. The van der Waals surface area contributed by atoms with Crippen molar-refractivity contribution in [1.82, 2.24) is 0 Å². The summed E-state index contributed by atoms with van der Waals surface area (Å²) in [5.74, 6) is -2.18. The summed E-state index contributed by atoms with van der Waals surface area (Å²) in [6.45, 7) is 0. The molecule has 1 aliphatic rings. The fourth-order valence-electron chi connectivity index (χ4n) is 2.30. The number of hydrogen-bond donors (Lipinski definition) is 1. The third-order valence-corrected chi connectivity index (χ3v) is 4.11. The number of carbonyl (C=O) groups excluding carboxylic acids is 2. The van der Waals surface area contributed by atoms with Gasteiger partial charge in [-0.05, 0) is 30.3 Å². The molecule has 0 radical (unpaired) electrons. The highest BCUT2D eigenvalue weighted by atomic mass is 35.5. The summed E-state index contributed by atoms with van der Waals surface area (Å²) in [6, 6.07) is 10.6. The summed E-state index contributed by atoms with van der Waals surface area (Å²) in [5, 5.41) is 11.0. The minimum atomic E-state index is -0.835. The second kappa shape index (κ2) is 5.89. The molecule has 2 aromatic rings. The van der Waals surface area contributed by atoms with Crippen LogP contribution in [0.25, 0.3) is 5.57 Å². The van der Waals surface area contributed by atoms with Crippen molar-refractivity contribution in [3.8, 4) is 0 Å². The monoisotopic (exact) mass is 367 g/mol. The lowest BCUT2D eigenvalue weighted by Crippen LogP contribution is -2.31. The Balaban J connectivity index is 2.10. The highest BCUT2D eigenvalue weighted by Gasteiger charge is 2.41. The predicted molar refractivity (Wildman–Crippen MR) is 90.0 cm³/mol. The molecular formula is C16H8Cl3NO3. The third-order valence-electron chi connectivity index (χ3n) is 3.33. The van der Waals surface area contributed by atoms with E-state index in [0.29, 0.717) is 10.0 Å². The molecule has 0 unspecified atom stereocenters. The minimum absolute atomic E-state index is 0.160. The topological polar surface area (TPSA) is 57.6 Å². The van der Waals surface area contributed by atoms with Gasteiger partial charge in [-0.1, -0.05) is 46.9 Å². The maximum atomic E-state index is 12.6.